The molecule has 1 aliphatic carbocycles. The van der Waals surface area contributed by atoms with Gasteiger partial charge in [-0.3, -0.25) is 4.79 Å². The third-order valence-corrected chi connectivity index (χ3v) is 4.35. The lowest BCUT2D eigenvalue weighted by Crippen LogP contribution is -2.34. The summed E-state index contributed by atoms with van der Waals surface area (Å²) in [5.74, 6) is 0.213. The molecule has 1 heterocycles. The summed E-state index contributed by atoms with van der Waals surface area (Å²) in [6.45, 7) is 3.82. The third kappa shape index (κ3) is 2.66. The zero-order valence-electron chi connectivity index (χ0n) is 11.7. The van der Waals surface area contributed by atoms with Crippen molar-refractivity contribution in [3.8, 4) is 0 Å². The first-order valence-electron chi connectivity index (χ1n) is 7.33. The van der Waals surface area contributed by atoms with Crippen LogP contribution in [0.5, 0.6) is 0 Å². The summed E-state index contributed by atoms with van der Waals surface area (Å²) in [7, 11) is 2.13. The molecule has 102 valence electrons. The lowest BCUT2D eigenvalue weighted by Gasteiger charge is -2.21. The predicted octanol–water partition coefficient (Wildman–Crippen LogP) is 1.95. The molecule has 3 nitrogen and oxygen atoms in total. The molecule has 1 aromatic rings. The van der Waals surface area contributed by atoms with E-state index in [1.165, 1.54) is 24.0 Å². The summed E-state index contributed by atoms with van der Waals surface area (Å²) >= 11 is 0. The van der Waals surface area contributed by atoms with Gasteiger partial charge in [-0.1, -0.05) is 6.07 Å². The summed E-state index contributed by atoms with van der Waals surface area (Å²) in [4.78, 5) is 16.9. The van der Waals surface area contributed by atoms with Crippen LogP contribution in [0, 0.1) is 0 Å². The van der Waals surface area contributed by atoms with E-state index in [-0.39, 0.29) is 5.91 Å². The second-order valence-corrected chi connectivity index (χ2v) is 5.79. The van der Waals surface area contributed by atoms with Crippen molar-refractivity contribution < 1.29 is 4.79 Å². The molecule has 2 aliphatic rings. The van der Waals surface area contributed by atoms with Gasteiger partial charge in [0.25, 0.3) is 5.91 Å². The Morgan fingerprint density at radius 1 is 1.00 bits per heavy atom. The first kappa shape index (κ1) is 12.7. The summed E-state index contributed by atoms with van der Waals surface area (Å²) in [5, 5.41) is 0. The zero-order chi connectivity index (χ0) is 13.2. The van der Waals surface area contributed by atoms with Crippen LogP contribution in [0.25, 0.3) is 0 Å². The fraction of sp³-hybridized carbons (Fsp3) is 0.562. The van der Waals surface area contributed by atoms with Crippen molar-refractivity contribution in [3.63, 3.8) is 0 Å². The van der Waals surface area contributed by atoms with Crippen LogP contribution in [0.2, 0.25) is 0 Å². The molecule has 0 radical (unpaired) electrons. The van der Waals surface area contributed by atoms with E-state index in [1.54, 1.807) is 0 Å². The predicted molar refractivity (Wildman–Crippen MR) is 76.5 cm³/mol. The number of hydrogen-bond acceptors (Lipinski definition) is 2. The van der Waals surface area contributed by atoms with E-state index in [0.717, 1.165) is 44.6 Å². The second kappa shape index (κ2) is 5.33. The van der Waals surface area contributed by atoms with E-state index >= 15 is 0 Å². The van der Waals surface area contributed by atoms with Gasteiger partial charge in [0, 0.05) is 25.2 Å². The van der Waals surface area contributed by atoms with Gasteiger partial charge in [0.2, 0.25) is 0 Å². The molecule has 0 saturated carbocycles. The number of rotatable bonds is 1. The quantitative estimate of drug-likeness (QED) is 0.768. The molecule has 1 aromatic carbocycles. The Hall–Kier alpha value is -1.35. The average molecular weight is 258 g/mol. The van der Waals surface area contributed by atoms with E-state index in [0.29, 0.717) is 0 Å². The summed E-state index contributed by atoms with van der Waals surface area (Å²) in [5.41, 5.74) is 3.70. The maximum absolute atomic E-state index is 12.6. The molecule has 19 heavy (non-hydrogen) atoms. The molecule has 1 saturated heterocycles. The largest absolute Gasteiger partial charge is 0.337 e. The highest BCUT2D eigenvalue weighted by Crippen LogP contribution is 2.23. The van der Waals surface area contributed by atoms with Gasteiger partial charge in [0.05, 0.1) is 0 Å². The van der Waals surface area contributed by atoms with Crippen molar-refractivity contribution in [2.75, 3.05) is 33.2 Å². The summed E-state index contributed by atoms with van der Waals surface area (Å²) in [6, 6.07) is 6.29. The Morgan fingerprint density at radius 3 is 2.74 bits per heavy atom. The number of carbonyl (C=O) groups excluding carboxylic acids is 1. The van der Waals surface area contributed by atoms with Crippen molar-refractivity contribution in [2.24, 2.45) is 0 Å². The first-order chi connectivity index (χ1) is 9.24. The number of nitrogens with zero attached hydrogens (tertiary/aromatic N) is 2. The maximum atomic E-state index is 12.6. The summed E-state index contributed by atoms with van der Waals surface area (Å²) in [6.07, 6.45) is 4.63. The summed E-state index contributed by atoms with van der Waals surface area (Å²) < 4.78 is 0. The van der Waals surface area contributed by atoms with Crippen molar-refractivity contribution >= 4 is 5.91 Å². The minimum atomic E-state index is 0.213. The number of hydrogen-bond donors (Lipinski definition) is 0. The number of benzene rings is 1. The zero-order valence-corrected chi connectivity index (χ0v) is 11.7. The Kier molecular flexibility index (Phi) is 3.56. The van der Waals surface area contributed by atoms with Crippen LogP contribution in [0.4, 0.5) is 0 Å². The topological polar surface area (TPSA) is 23.6 Å². The van der Waals surface area contributed by atoms with Gasteiger partial charge in [-0.05, 0) is 62.5 Å². The van der Waals surface area contributed by atoms with Gasteiger partial charge in [-0.2, -0.15) is 0 Å². The van der Waals surface area contributed by atoms with E-state index in [2.05, 4.69) is 24.1 Å². The minimum Gasteiger partial charge on any atom is -0.337 e. The highest BCUT2D eigenvalue weighted by atomic mass is 16.2. The average Bonchev–Trinajstić information content (AvgIpc) is 2.78. The van der Waals surface area contributed by atoms with Crippen LogP contribution >= 0.6 is 0 Å². The SMILES string of the molecule is CN1CCCN(C(=O)c2ccc3c(c2)CCC3)CC1. The Labute approximate surface area is 115 Å². The maximum Gasteiger partial charge on any atom is 0.253 e. The molecular formula is C16H22N2O. The molecule has 3 rings (SSSR count). The van der Waals surface area contributed by atoms with Crippen molar-refractivity contribution in [1.82, 2.24) is 9.80 Å². The van der Waals surface area contributed by atoms with Crippen LogP contribution in [0.3, 0.4) is 0 Å². The number of likely N-dealkylation sites (N-methyl/N-ethyl adjacent to an activating group) is 1. The fourth-order valence-corrected chi connectivity index (χ4v) is 3.14. The van der Waals surface area contributed by atoms with E-state index in [1.807, 2.05) is 11.0 Å². The molecule has 0 aromatic heterocycles. The van der Waals surface area contributed by atoms with Gasteiger partial charge in [0.15, 0.2) is 0 Å². The number of aryl methyl sites for hydroxylation is 2. The van der Waals surface area contributed by atoms with E-state index in [9.17, 15) is 4.79 Å². The molecule has 1 amide bonds. The van der Waals surface area contributed by atoms with Crippen LogP contribution in [0.15, 0.2) is 18.2 Å². The fourth-order valence-electron chi connectivity index (χ4n) is 3.14. The molecule has 0 spiro atoms. The molecular weight excluding hydrogens is 236 g/mol. The smallest absolute Gasteiger partial charge is 0.253 e. The van der Waals surface area contributed by atoms with Gasteiger partial charge in [-0.25, -0.2) is 0 Å². The standard InChI is InChI=1S/C16H22N2O/c1-17-8-3-9-18(11-10-17)16(19)15-7-6-13-4-2-5-14(13)12-15/h6-7,12H,2-5,8-11H2,1H3. The molecule has 0 N–H and O–H groups in total. The van der Waals surface area contributed by atoms with Crippen molar-refractivity contribution in [2.45, 2.75) is 25.7 Å². The molecule has 1 fully saturated rings. The van der Waals surface area contributed by atoms with Crippen molar-refractivity contribution in [1.29, 1.82) is 0 Å². The van der Waals surface area contributed by atoms with Gasteiger partial charge >= 0.3 is 0 Å². The monoisotopic (exact) mass is 258 g/mol. The molecule has 0 atom stereocenters. The van der Waals surface area contributed by atoms with Crippen LogP contribution in [-0.2, 0) is 12.8 Å². The highest BCUT2D eigenvalue weighted by molar-refractivity contribution is 5.94. The second-order valence-electron chi connectivity index (χ2n) is 5.79. The van der Waals surface area contributed by atoms with Crippen LogP contribution < -0.4 is 0 Å². The number of fused-ring (bicyclic) bond motifs is 1. The minimum absolute atomic E-state index is 0.213. The van der Waals surface area contributed by atoms with Crippen LogP contribution in [-0.4, -0.2) is 48.9 Å². The Balaban J connectivity index is 1.76. The van der Waals surface area contributed by atoms with Gasteiger partial charge in [0.1, 0.15) is 0 Å². The lowest BCUT2D eigenvalue weighted by atomic mass is 10.1. The normalized spacial score (nSPS) is 20.2. The highest BCUT2D eigenvalue weighted by Gasteiger charge is 2.20. The third-order valence-electron chi connectivity index (χ3n) is 4.35. The molecule has 0 bridgehead atoms. The lowest BCUT2D eigenvalue weighted by molar-refractivity contribution is 0.0762. The molecule has 3 heteroatoms. The Bertz CT molecular complexity index is 484. The van der Waals surface area contributed by atoms with E-state index < -0.39 is 0 Å². The van der Waals surface area contributed by atoms with Crippen molar-refractivity contribution in [3.05, 3.63) is 34.9 Å². The van der Waals surface area contributed by atoms with Crippen LogP contribution in [0.1, 0.15) is 34.3 Å². The molecule has 1 aliphatic heterocycles. The molecule has 0 unspecified atom stereocenters. The van der Waals surface area contributed by atoms with Gasteiger partial charge in [-0.15, -0.1) is 0 Å². The Morgan fingerprint density at radius 2 is 1.84 bits per heavy atom. The first-order valence-corrected chi connectivity index (χ1v) is 7.33. The number of carbonyl (C=O) groups is 1. The number of amides is 1. The van der Waals surface area contributed by atoms with E-state index in [4.69, 9.17) is 0 Å². The van der Waals surface area contributed by atoms with Gasteiger partial charge < -0.3 is 9.80 Å².